The number of hydrogen-bond acceptors (Lipinski definition) is 3. The smallest absolute Gasteiger partial charge is 0.224 e. The lowest BCUT2D eigenvalue weighted by atomic mass is 9.96. The molecule has 4 nitrogen and oxygen atoms in total. The van der Waals surface area contributed by atoms with Gasteiger partial charge in [-0.25, -0.2) is 0 Å². The second kappa shape index (κ2) is 7.01. The fourth-order valence-corrected chi connectivity index (χ4v) is 2.68. The number of nitrogens with zero attached hydrogens (tertiary/aromatic N) is 1. The summed E-state index contributed by atoms with van der Waals surface area (Å²) in [7, 11) is 0. The Labute approximate surface area is 137 Å². The zero-order valence-corrected chi connectivity index (χ0v) is 13.8. The molecule has 1 heterocycles. The van der Waals surface area contributed by atoms with Crippen molar-refractivity contribution in [1.29, 1.82) is 0 Å². The molecule has 0 bridgehead atoms. The van der Waals surface area contributed by atoms with Crippen LogP contribution in [0.1, 0.15) is 37.5 Å². The van der Waals surface area contributed by atoms with E-state index in [9.17, 15) is 4.79 Å². The first-order valence-corrected chi connectivity index (χ1v) is 7.80. The van der Waals surface area contributed by atoms with E-state index in [1.54, 1.807) is 11.8 Å². The molecule has 2 aromatic carbocycles. The second-order valence-corrected chi connectivity index (χ2v) is 5.11. The zero-order chi connectivity index (χ0) is 17.0. The number of carbonyl (C=O) groups excluding carboxylic acids is 1. The molecule has 1 amide bonds. The molecule has 0 radical (unpaired) electrons. The average Bonchev–Trinajstić information content (AvgIpc) is 2.59. The number of carbonyl (C=O) groups is 1. The first-order chi connectivity index (χ1) is 11.1. The lowest BCUT2D eigenvalue weighted by molar-refractivity contribution is -0.116. The third-order valence-electron chi connectivity index (χ3n) is 3.79. The van der Waals surface area contributed by atoms with E-state index in [4.69, 9.17) is 11.5 Å². The Hall–Kier alpha value is -2.75. The standard InChI is InChI=1S/C17H17N3O.C2H6/c1-11(21)20-10-12-6-2-3-7-13(12)16(18)17(19)14-8-4-5-9-15(14)20;1-2/h2-9H,10,18-19H2,1H3;1-2H3/b17-16-;. The Morgan fingerprint density at radius 2 is 1.43 bits per heavy atom. The number of benzene rings is 2. The third-order valence-corrected chi connectivity index (χ3v) is 3.79. The molecule has 0 saturated carbocycles. The molecule has 0 spiro atoms. The highest BCUT2D eigenvalue weighted by atomic mass is 16.2. The van der Waals surface area contributed by atoms with Crippen molar-refractivity contribution in [3.05, 3.63) is 65.2 Å². The van der Waals surface area contributed by atoms with Crippen molar-refractivity contribution in [3.63, 3.8) is 0 Å². The Kier molecular flexibility index (Phi) is 5.06. The van der Waals surface area contributed by atoms with Crippen LogP contribution < -0.4 is 16.4 Å². The molecule has 0 atom stereocenters. The van der Waals surface area contributed by atoms with Crippen LogP contribution in [0.15, 0.2) is 48.5 Å². The summed E-state index contributed by atoms with van der Waals surface area (Å²) in [6.07, 6.45) is 0. The molecule has 0 saturated heterocycles. The van der Waals surface area contributed by atoms with E-state index in [2.05, 4.69) is 0 Å². The Morgan fingerprint density at radius 3 is 2.09 bits per heavy atom. The van der Waals surface area contributed by atoms with Gasteiger partial charge in [0.1, 0.15) is 0 Å². The van der Waals surface area contributed by atoms with E-state index in [0.717, 1.165) is 22.4 Å². The number of nitrogens with two attached hydrogens (primary N) is 2. The fraction of sp³-hybridized carbons (Fsp3) is 0.211. The SMILES string of the molecule is CC.CC(=O)N1Cc2ccccc2/C(N)=C(/N)c2ccccc21. The highest BCUT2D eigenvalue weighted by molar-refractivity contribution is 6.00. The van der Waals surface area contributed by atoms with Crippen LogP contribution in [0.25, 0.3) is 11.4 Å². The molecule has 0 fully saturated rings. The first-order valence-electron chi connectivity index (χ1n) is 7.80. The van der Waals surface area contributed by atoms with Crippen molar-refractivity contribution in [2.75, 3.05) is 4.90 Å². The van der Waals surface area contributed by atoms with E-state index < -0.39 is 0 Å². The summed E-state index contributed by atoms with van der Waals surface area (Å²) < 4.78 is 0. The van der Waals surface area contributed by atoms with E-state index in [-0.39, 0.29) is 5.91 Å². The van der Waals surface area contributed by atoms with Crippen LogP contribution in [0.5, 0.6) is 0 Å². The third kappa shape index (κ3) is 3.06. The first kappa shape index (κ1) is 16.6. The minimum absolute atomic E-state index is 0.0227. The van der Waals surface area contributed by atoms with Gasteiger partial charge in [-0.15, -0.1) is 0 Å². The number of rotatable bonds is 0. The lowest BCUT2D eigenvalue weighted by Gasteiger charge is -2.28. The summed E-state index contributed by atoms with van der Waals surface area (Å²) in [5.74, 6) is -0.0227. The van der Waals surface area contributed by atoms with Gasteiger partial charge in [-0.1, -0.05) is 56.3 Å². The minimum atomic E-state index is -0.0227. The van der Waals surface area contributed by atoms with Gasteiger partial charge >= 0.3 is 0 Å². The van der Waals surface area contributed by atoms with Crippen molar-refractivity contribution in [3.8, 4) is 0 Å². The molecule has 120 valence electrons. The summed E-state index contributed by atoms with van der Waals surface area (Å²) in [6, 6.07) is 15.3. The highest BCUT2D eigenvalue weighted by Gasteiger charge is 2.22. The van der Waals surface area contributed by atoms with E-state index in [0.29, 0.717) is 17.9 Å². The maximum Gasteiger partial charge on any atom is 0.224 e. The summed E-state index contributed by atoms with van der Waals surface area (Å²) in [6.45, 7) is 6.04. The second-order valence-electron chi connectivity index (χ2n) is 5.11. The van der Waals surface area contributed by atoms with Crippen molar-refractivity contribution < 1.29 is 4.79 Å². The van der Waals surface area contributed by atoms with Gasteiger partial charge in [-0.05, 0) is 11.6 Å². The van der Waals surface area contributed by atoms with Crippen LogP contribution in [0.3, 0.4) is 0 Å². The molecule has 0 aromatic heterocycles. The minimum Gasteiger partial charge on any atom is -0.397 e. The summed E-state index contributed by atoms with van der Waals surface area (Å²) in [5, 5.41) is 0. The lowest BCUT2D eigenvalue weighted by Crippen LogP contribution is -2.31. The van der Waals surface area contributed by atoms with Crippen LogP contribution in [0.4, 0.5) is 5.69 Å². The summed E-state index contributed by atoms with van der Waals surface area (Å²) >= 11 is 0. The monoisotopic (exact) mass is 309 g/mol. The highest BCUT2D eigenvalue weighted by Crippen LogP contribution is 2.33. The maximum atomic E-state index is 12.1. The fourth-order valence-electron chi connectivity index (χ4n) is 2.68. The van der Waals surface area contributed by atoms with E-state index >= 15 is 0 Å². The molecular formula is C19H23N3O. The van der Waals surface area contributed by atoms with Gasteiger partial charge in [0.25, 0.3) is 0 Å². The maximum absolute atomic E-state index is 12.1. The summed E-state index contributed by atoms with van der Waals surface area (Å²) in [4.78, 5) is 13.8. The van der Waals surface area contributed by atoms with Crippen molar-refractivity contribution in [1.82, 2.24) is 0 Å². The largest absolute Gasteiger partial charge is 0.397 e. The quantitative estimate of drug-likeness (QED) is 0.784. The summed E-state index contributed by atoms with van der Waals surface area (Å²) in [5.41, 5.74) is 17.0. The number of hydrogen-bond donors (Lipinski definition) is 2. The van der Waals surface area contributed by atoms with Gasteiger partial charge in [0.2, 0.25) is 5.91 Å². The molecule has 2 aromatic rings. The number of fused-ring (bicyclic) bond motifs is 2. The average molecular weight is 309 g/mol. The van der Waals surface area contributed by atoms with Gasteiger partial charge in [0, 0.05) is 18.1 Å². The molecule has 1 aliphatic heterocycles. The Morgan fingerprint density at radius 1 is 0.913 bits per heavy atom. The predicted octanol–water partition coefficient (Wildman–Crippen LogP) is 3.32. The predicted molar refractivity (Wildman–Crippen MR) is 96.3 cm³/mol. The molecule has 0 unspecified atom stereocenters. The van der Waals surface area contributed by atoms with Crippen molar-refractivity contribution >= 4 is 23.0 Å². The van der Waals surface area contributed by atoms with Crippen LogP contribution in [-0.4, -0.2) is 5.91 Å². The van der Waals surface area contributed by atoms with Crippen LogP contribution in [0, 0.1) is 0 Å². The molecule has 3 rings (SSSR count). The van der Waals surface area contributed by atoms with Crippen LogP contribution >= 0.6 is 0 Å². The normalized spacial score (nSPS) is 16.2. The van der Waals surface area contributed by atoms with E-state index in [1.165, 1.54) is 0 Å². The zero-order valence-electron chi connectivity index (χ0n) is 13.8. The number of amides is 1. The van der Waals surface area contributed by atoms with Gasteiger partial charge in [0.15, 0.2) is 0 Å². The Bertz CT molecular complexity index is 750. The van der Waals surface area contributed by atoms with Gasteiger partial charge in [0.05, 0.1) is 23.6 Å². The molecule has 1 aliphatic rings. The topological polar surface area (TPSA) is 72.3 Å². The number of anilines is 1. The molecule has 0 aliphatic carbocycles. The van der Waals surface area contributed by atoms with Gasteiger partial charge < -0.3 is 16.4 Å². The van der Waals surface area contributed by atoms with Crippen molar-refractivity contribution in [2.24, 2.45) is 11.5 Å². The van der Waals surface area contributed by atoms with E-state index in [1.807, 2.05) is 62.4 Å². The van der Waals surface area contributed by atoms with Gasteiger partial charge in [-0.2, -0.15) is 0 Å². The van der Waals surface area contributed by atoms with Crippen LogP contribution in [-0.2, 0) is 11.3 Å². The molecule has 23 heavy (non-hydrogen) atoms. The Balaban J connectivity index is 0.000000924. The molecular weight excluding hydrogens is 286 g/mol. The van der Waals surface area contributed by atoms with Crippen LogP contribution in [0.2, 0.25) is 0 Å². The molecule has 4 heteroatoms. The number of para-hydroxylation sites is 1. The van der Waals surface area contributed by atoms with Gasteiger partial charge in [-0.3, -0.25) is 4.79 Å². The molecule has 4 N–H and O–H groups in total. The van der Waals surface area contributed by atoms with Crippen molar-refractivity contribution in [2.45, 2.75) is 27.3 Å².